The van der Waals surface area contributed by atoms with Crippen molar-refractivity contribution in [3.8, 4) is 0 Å². The molecule has 1 amide bonds. The van der Waals surface area contributed by atoms with Gasteiger partial charge in [0.05, 0.1) is 11.5 Å². The van der Waals surface area contributed by atoms with E-state index in [0.717, 1.165) is 17.7 Å². The molecule has 0 radical (unpaired) electrons. The smallest absolute Gasteiger partial charge is 0.279 e. The zero-order valence-electron chi connectivity index (χ0n) is 15.7. The molecule has 0 saturated heterocycles. The number of nitrogens with one attached hydrogen (secondary N) is 3. The number of thiocarbonyl (C=S) groups is 1. The Balaban J connectivity index is 1.90. The Bertz CT molecular complexity index is 622. The van der Waals surface area contributed by atoms with Gasteiger partial charge in [-0.2, -0.15) is 0 Å². The summed E-state index contributed by atoms with van der Waals surface area (Å²) in [5, 5.41) is 3.42. The molecule has 7 heteroatoms. The molecule has 140 valence electrons. The van der Waals surface area contributed by atoms with E-state index >= 15 is 0 Å². The monoisotopic (exact) mass is 383 g/mol. The standard InChI is InChI=1S/C18H29N3O2S2/c1-11(10-23-5)19-17(24)21-20-16(22)15-9-12-8-13(18(2,3)4)6-7-14(12)25-15/h9,11,13H,6-8,10H2,1-5H3,(H,20,22)(H2,19,21,24)/t11-,13-/m0/s1. The number of rotatable bonds is 4. The SMILES string of the molecule is COC[C@H](C)NC(=S)NNC(=O)c1cc2c(s1)CC[C@H](C(C)(C)C)C2. The fourth-order valence-electron chi connectivity index (χ4n) is 3.10. The van der Waals surface area contributed by atoms with Crippen LogP contribution >= 0.6 is 23.6 Å². The molecule has 1 aliphatic rings. The molecule has 0 fully saturated rings. The van der Waals surface area contributed by atoms with Crippen LogP contribution < -0.4 is 16.2 Å². The maximum Gasteiger partial charge on any atom is 0.279 e. The molecule has 0 saturated carbocycles. The van der Waals surface area contributed by atoms with Crippen molar-refractivity contribution in [1.82, 2.24) is 16.2 Å². The van der Waals surface area contributed by atoms with Crippen molar-refractivity contribution in [2.75, 3.05) is 13.7 Å². The second-order valence-corrected chi connectivity index (χ2v) is 9.32. The number of carbonyl (C=O) groups excluding carboxylic acids is 1. The average molecular weight is 384 g/mol. The van der Waals surface area contributed by atoms with Crippen LogP contribution in [0.1, 0.15) is 54.2 Å². The summed E-state index contributed by atoms with van der Waals surface area (Å²) >= 11 is 6.76. The van der Waals surface area contributed by atoms with Gasteiger partial charge in [0.2, 0.25) is 0 Å². The first-order chi connectivity index (χ1) is 11.7. The molecule has 1 aliphatic carbocycles. The molecule has 0 bridgehead atoms. The van der Waals surface area contributed by atoms with Crippen LogP contribution in [0.3, 0.4) is 0 Å². The summed E-state index contributed by atoms with van der Waals surface area (Å²) in [7, 11) is 1.64. The van der Waals surface area contributed by atoms with Crippen molar-refractivity contribution in [3.63, 3.8) is 0 Å². The van der Waals surface area contributed by atoms with Gasteiger partial charge in [-0.05, 0) is 61.4 Å². The van der Waals surface area contributed by atoms with Gasteiger partial charge in [-0.15, -0.1) is 11.3 Å². The van der Waals surface area contributed by atoms with Crippen molar-refractivity contribution in [3.05, 3.63) is 21.4 Å². The Morgan fingerprint density at radius 1 is 1.44 bits per heavy atom. The van der Waals surface area contributed by atoms with Crippen molar-refractivity contribution in [1.29, 1.82) is 0 Å². The van der Waals surface area contributed by atoms with Gasteiger partial charge < -0.3 is 10.1 Å². The third-order valence-electron chi connectivity index (χ3n) is 4.62. The maximum atomic E-state index is 12.4. The van der Waals surface area contributed by atoms with E-state index < -0.39 is 0 Å². The molecule has 3 N–H and O–H groups in total. The molecule has 5 nitrogen and oxygen atoms in total. The number of thiophene rings is 1. The number of amides is 1. The van der Waals surface area contributed by atoms with Crippen LogP contribution in [0.5, 0.6) is 0 Å². The molecular weight excluding hydrogens is 354 g/mol. The number of hydrogen-bond acceptors (Lipinski definition) is 4. The molecule has 0 aliphatic heterocycles. The van der Waals surface area contributed by atoms with Gasteiger partial charge in [0, 0.05) is 18.0 Å². The minimum Gasteiger partial charge on any atom is -0.383 e. The van der Waals surface area contributed by atoms with E-state index in [1.54, 1.807) is 18.4 Å². The molecular formula is C18H29N3O2S2. The zero-order chi connectivity index (χ0) is 18.6. The van der Waals surface area contributed by atoms with Crippen LogP contribution in [0.15, 0.2) is 6.07 Å². The van der Waals surface area contributed by atoms with Gasteiger partial charge in [-0.3, -0.25) is 15.6 Å². The van der Waals surface area contributed by atoms with E-state index in [-0.39, 0.29) is 11.9 Å². The van der Waals surface area contributed by atoms with Gasteiger partial charge in [0.1, 0.15) is 0 Å². The fourth-order valence-corrected chi connectivity index (χ4v) is 4.46. The highest BCUT2D eigenvalue weighted by Gasteiger charge is 2.30. The maximum absolute atomic E-state index is 12.4. The van der Waals surface area contributed by atoms with Crippen LogP contribution in [0.2, 0.25) is 0 Å². The Kier molecular flexibility index (Phi) is 6.82. The molecule has 0 unspecified atom stereocenters. The topological polar surface area (TPSA) is 62.4 Å². The first kappa shape index (κ1) is 20.1. The number of fused-ring (bicyclic) bond motifs is 1. The van der Waals surface area contributed by atoms with E-state index in [0.29, 0.717) is 23.1 Å². The molecule has 0 spiro atoms. The Morgan fingerprint density at radius 3 is 2.80 bits per heavy atom. The minimum atomic E-state index is -0.143. The van der Waals surface area contributed by atoms with Crippen molar-refractivity contribution in [2.45, 2.75) is 53.0 Å². The quantitative estimate of drug-likeness (QED) is 0.551. The first-order valence-corrected chi connectivity index (χ1v) is 9.90. The fraction of sp³-hybridized carbons (Fsp3) is 0.667. The molecule has 0 aromatic carbocycles. The normalized spacial score (nSPS) is 18.2. The predicted octanol–water partition coefficient (Wildman–Crippen LogP) is 3.04. The predicted molar refractivity (Wildman–Crippen MR) is 107 cm³/mol. The van der Waals surface area contributed by atoms with E-state index in [1.807, 2.05) is 13.0 Å². The largest absolute Gasteiger partial charge is 0.383 e. The Hall–Kier alpha value is -1.18. The van der Waals surface area contributed by atoms with E-state index in [2.05, 4.69) is 36.9 Å². The molecule has 2 atom stereocenters. The summed E-state index contributed by atoms with van der Waals surface area (Å²) in [5.74, 6) is 0.526. The lowest BCUT2D eigenvalue weighted by Crippen LogP contribution is -2.49. The summed E-state index contributed by atoms with van der Waals surface area (Å²) in [5.41, 5.74) is 7.06. The van der Waals surface area contributed by atoms with Crippen molar-refractivity contribution < 1.29 is 9.53 Å². The lowest BCUT2D eigenvalue weighted by Gasteiger charge is -2.33. The van der Waals surface area contributed by atoms with Crippen LogP contribution in [-0.4, -0.2) is 30.8 Å². The Labute approximate surface area is 159 Å². The molecule has 2 rings (SSSR count). The third kappa shape index (κ3) is 5.66. The number of ether oxygens (including phenoxy) is 1. The van der Waals surface area contributed by atoms with E-state index in [4.69, 9.17) is 17.0 Å². The van der Waals surface area contributed by atoms with Gasteiger partial charge in [-0.1, -0.05) is 20.8 Å². The van der Waals surface area contributed by atoms with Crippen LogP contribution in [-0.2, 0) is 17.6 Å². The van der Waals surface area contributed by atoms with Crippen molar-refractivity contribution >= 4 is 34.6 Å². The minimum absolute atomic E-state index is 0.0743. The Morgan fingerprint density at radius 2 is 2.16 bits per heavy atom. The number of carbonyl (C=O) groups is 1. The zero-order valence-corrected chi connectivity index (χ0v) is 17.3. The number of aryl methyl sites for hydroxylation is 1. The summed E-state index contributed by atoms with van der Waals surface area (Å²) in [4.78, 5) is 14.5. The molecule has 1 aromatic rings. The highest BCUT2D eigenvalue weighted by Crippen LogP contribution is 2.39. The lowest BCUT2D eigenvalue weighted by molar-refractivity contribution is 0.0947. The second kappa shape index (κ2) is 8.47. The van der Waals surface area contributed by atoms with E-state index in [1.165, 1.54) is 16.9 Å². The summed E-state index contributed by atoms with van der Waals surface area (Å²) in [6.07, 6.45) is 3.32. The van der Waals surface area contributed by atoms with Gasteiger partial charge in [-0.25, -0.2) is 0 Å². The second-order valence-electron chi connectivity index (χ2n) is 7.77. The summed E-state index contributed by atoms with van der Waals surface area (Å²) in [6, 6.07) is 2.11. The number of methoxy groups -OCH3 is 1. The highest BCUT2D eigenvalue weighted by atomic mass is 32.1. The average Bonchev–Trinajstić information content (AvgIpc) is 2.95. The summed E-state index contributed by atoms with van der Waals surface area (Å²) in [6.45, 7) is 9.39. The van der Waals surface area contributed by atoms with Gasteiger partial charge in [0.25, 0.3) is 5.91 Å². The first-order valence-electron chi connectivity index (χ1n) is 8.68. The van der Waals surface area contributed by atoms with Crippen molar-refractivity contribution in [2.24, 2.45) is 11.3 Å². The van der Waals surface area contributed by atoms with Crippen LogP contribution in [0.4, 0.5) is 0 Å². The number of hydrazine groups is 1. The molecule has 25 heavy (non-hydrogen) atoms. The van der Waals surface area contributed by atoms with Gasteiger partial charge >= 0.3 is 0 Å². The van der Waals surface area contributed by atoms with E-state index in [9.17, 15) is 4.79 Å². The van der Waals surface area contributed by atoms with Gasteiger partial charge in [0.15, 0.2) is 5.11 Å². The third-order valence-corrected chi connectivity index (χ3v) is 6.07. The lowest BCUT2D eigenvalue weighted by atomic mass is 9.72. The molecule has 1 heterocycles. The molecule has 1 aromatic heterocycles. The highest BCUT2D eigenvalue weighted by molar-refractivity contribution is 7.80. The number of hydrogen-bond donors (Lipinski definition) is 3. The van der Waals surface area contributed by atoms with Crippen LogP contribution in [0.25, 0.3) is 0 Å². The summed E-state index contributed by atoms with van der Waals surface area (Å²) < 4.78 is 5.04. The van der Waals surface area contributed by atoms with Crippen LogP contribution in [0, 0.1) is 11.3 Å².